The Labute approximate surface area is 106 Å². The van der Waals surface area contributed by atoms with Crippen LogP contribution in [0.5, 0.6) is 17.4 Å². The minimum Gasteiger partial charge on any atom is -0.508 e. The summed E-state index contributed by atoms with van der Waals surface area (Å²) < 4.78 is 11.1. The molecular weight excluding hydrogens is 230 g/mol. The van der Waals surface area contributed by atoms with E-state index in [1.165, 1.54) is 0 Å². The zero-order valence-corrected chi connectivity index (χ0v) is 10.1. The van der Waals surface area contributed by atoms with Crippen molar-refractivity contribution in [2.24, 2.45) is 0 Å². The van der Waals surface area contributed by atoms with E-state index in [-0.39, 0.29) is 11.9 Å². The highest BCUT2D eigenvalue weighted by atomic mass is 16.5. The van der Waals surface area contributed by atoms with Crippen LogP contribution in [0.25, 0.3) is 0 Å². The van der Waals surface area contributed by atoms with Crippen molar-refractivity contribution in [1.29, 1.82) is 0 Å². The fourth-order valence-electron chi connectivity index (χ4n) is 1.41. The summed E-state index contributed by atoms with van der Waals surface area (Å²) in [4.78, 5) is 4.07. The molecule has 0 saturated carbocycles. The van der Waals surface area contributed by atoms with Gasteiger partial charge in [0.25, 0.3) is 0 Å². The van der Waals surface area contributed by atoms with Crippen molar-refractivity contribution in [2.45, 2.75) is 13.0 Å². The van der Waals surface area contributed by atoms with Gasteiger partial charge in [0.2, 0.25) is 5.88 Å². The quantitative estimate of drug-likeness (QED) is 0.879. The molecule has 0 aliphatic rings. The van der Waals surface area contributed by atoms with Crippen LogP contribution in [-0.4, -0.2) is 22.8 Å². The Morgan fingerprint density at radius 2 is 1.94 bits per heavy atom. The Morgan fingerprint density at radius 3 is 2.61 bits per heavy atom. The molecule has 4 heteroatoms. The third-order valence-corrected chi connectivity index (χ3v) is 2.28. The number of pyridine rings is 1. The predicted molar refractivity (Wildman–Crippen MR) is 67.9 cm³/mol. The summed E-state index contributed by atoms with van der Waals surface area (Å²) in [5.74, 6) is 1.50. The number of ether oxygens (including phenoxy) is 2. The van der Waals surface area contributed by atoms with E-state index in [0.29, 0.717) is 18.2 Å². The highest BCUT2D eigenvalue weighted by molar-refractivity contribution is 5.30. The molecule has 0 bridgehead atoms. The first-order valence-corrected chi connectivity index (χ1v) is 5.73. The minimum absolute atomic E-state index is 0.103. The van der Waals surface area contributed by atoms with E-state index in [0.717, 1.165) is 0 Å². The standard InChI is InChI=1S/C14H15NO3/c1-11(18-14-4-2-3-9-15-14)10-17-13-7-5-12(16)6-8-13/h2-9,11,16H,10H2,1H3. The highest BCUT2D eigenvalue weighted by Crippen LogP contribution is 2.16. The van der Waals surface area contributed by atoms with Crippen LogP contribution in [0.1, 0.15) is 6.92 Å². The number of hydrogen-bond donors (Lipinski definition) is 1. The zero-order valence-electron chi connectivity index (χ0n) is 10.1. The molecule has 1 heterocycles. The van der Waals surface area contributed by atoms with E-state index in [1.807, 2.05) is 19.1 Å². The summed E-state index contributed by atoms with van der Waals surface area (Å²) in [5, 5.41) is 9.14. The maximum absolute atomic E-state index is 9.14. The molecule has 0 amide bonds. The molecule has 0 aliphatic heterocycles. The van der Waals surface area contributed by atoms with Crippen LogP contribution in [0, 0.1) is 0 Å². The van der Waals surface area contributed by atoms with Gasteiger partial charge in [-0.05, 0) is 37.3 Å². The Bertz CT molecular complexity index is 470. The lowest BCUT2D eigenvalue weighted by Gasteiger charge is -2.14. The van der Waals surface area contributed by atoms with Crippen molar-refractivity contribution >= 4 is 0 Å². The molecule has 0 spiro atoms. The number of aromatic nitrogens is 1. The fourth-order valence-corrected chi connectivity index (χ4v) is 1.41. The second kappa shape index (κ2) is 5.91. The van der Waals surface area contributed by atoms with Gasteiger partial charge < -0.3 is 14.6 Å². The number of phenols is 1. The summed E-state index contributed by atoms with van der Waals surface area (Å²) in [6.45, 7) is 2.33. The fraction of sp³-hybridized carbons (Fsp3) is 0.214. The van der Waals surface area contributed by atoms with Crippen molar-refractivity contribution < 1.29 is 14.6 Å². The zero-order chi connectivity index (χ0) is 12.8. The van der Waals surface area contributed by atoms with Gasteiger partial charge in [0.1, 0.15) is 24.2 Å². The summed E-state index contributed by atoms with van der Waals surface area (Å²) in [6, 6.07) is 12.1. The van der Waals surface area contributed by atoms with Crippen LogP contribution in [0.15, 0.2) is 48.7 Å². The van der Waals surface area contributed by atoms with Gasteiger partial charge >= 0.3 is 0 Å². The van der Waals surface area contributed by atoms with Crippen LogP contribution in [-0.2, 0) is 0 Å². The van der Waals surface area contributed by atoms with Crippen LogP contribution in [0.2, 0.25) is 0 Å². The predicted octanol–water partition coefficient (Wildman–Crippen LogP) is 2.63. The van der Waals surface area contributed by atoms with E-state index >= 15 is 0 Å². The third-order valence-electron chi connectivity index (χ3n) is 2.28. The highest BCUT2D eigenvalue weighted by Gasteiger charge is 2.05. The molecule has 4 nitrogen and oxygen atoms in total. The van der Waals surface area contributed by atoms with Gasteiger partial charge in [0, 0.05) is 12.3 Å². The Morgan fingerprint density at radius 1 is 1.17 bits per heavy atom. The minimum atomic E-state index is -0.103. The van der Waals surface area contributed by atoms with Crippen molar-refractivity contribution in [3.05, 3.63) is 48.7 Å². The van der Waals surface area contributed by atoms with Crippen molar-refractivity contribution in [3.63, 3.8) is 0 Å². The number of rotatable bonds is 5. The molecule has 0 fully saturated rings. The topological polar surface area (TPSA) is 51.6 Å². The maximum Gasteiger partial charge on any atom is 0.213 e. The molecule has 2 rings (SSSR count). The van der Waals surface area contributed by atoms with Crippen LogP contribution >= 0.6 is 0 Å². The van der Waals surface area contributed by atoms with E-state index in [1.54, 1.807) is 36.5 Å². The second-order valence-corrected chi connectivity index (χ2v) is 3.90. The van der Waals surface area contributed by atoms with E-state index in [4.69, 9.17) is 14.6 Å². The number of aromatic hydroxyl groups is 1. The van der Waals surface area contributed by atoms with Crippen molar-refractivity contribution in [1.82, 2.24) is 4.98 Å². The lowest BCUT2D eigenvalue weighted by molar-refractivity contribution is 0.138. The number of nitrogens with zero attached hydrogens (tertiary/aromatic N) is 1. The van der Waals surface area contributed by atoms with E-state index < -0.39 is 0 Å². The van der Waals surface area contributed by atoms with E-state index in [9.17, 15) is 0 Å². The normalized spacial score (nSPS) is 11.8. The second-order valence-electron chi connectivity index (χ2n) is 3.90. The van der Waals surface area contributed by atoms with Crippen molar-refractivity contribution in [3.8, 4) is 17.4 Å². The first-order valence-electron chi connectivity index (χ1n) is 5.73. The molecule has 1 unspecified atom stereocenters. The van der Waals surface area contributed by atoms with Gasteiger partial charge in [-0.3, -0.25) is 0 Å². The molecule has 1 aromatic carbocycles. The van der Waals surface area contributed by atoms with Gasteiger partial charge in [-0.2, -0.15) is 0 Å². The number of phenolic OH excluding ortho intramolecular Hbond substituents is 1. The monoisotopic (exact) mass is 245 g/mol. The average Bonchev–Trinajstić information content (AvgIpc) is 2.39. The summed E-state index contributed by atoms with van der Waals surface area (Å²) in [7, 11) is 0. The molecule has 1 atom stereocenters. The van der Waals surface area contributed by atoms with Crippen LogP contribution in [0.3, 0.4) is 0 Å². The average molecular weight is 245 g/mol. The van der Waals surface area contributed by atoms with Crippen LogP contribution < -0.4 is 9.47 Å². The maximum atomic E-state index is 9.14. The van der Waals surface area contributed by atoms with Gasteiger partial charge in [-0.1, -0.05) is 6.07 Å². The molecule has 0 aliphatic carbocycles. The first-order chi connectivity index (χ1) is 8.74. The van der Waals surface area contributed by atoms with Gasteiger partial charge in [0.15, 0.2) is 0 Å². The Hall–Kier alpha value is -2.23. The largest absolute Gasteiger partial charge is 0.508 e. The van der Waals surface area contributed by atoms with Gasteiger partial charge in [-0.15, -0.1) is 0 Å². The summed E-state index contributed by atoms with van der Waals surface area (Å²) in [6.07, 6.45) is 1.58. The lowest BCUT2D eigenvalue weighted by atomic mass is 10.3. The lowest BCUT2D eigenvalue weighted by Crippen LogP contribution is -2.21. The molecular formula is C14H15NO3. The Kier molecular flexibility index (Phi) is 4.02. The molecule has 94 valence electrons. The molecule has 1 aromatic heterocycles. The van der Waals surface area contributed by atoms with Crippen molar-refractivity contribution in [2.75, 3.05) is 6.61 Å². The molecule has 0 saturated heterocycles. The molecule has 2 aromatic rings. The van der Waals surface area contributed by atoms with Gasteiger partial charge in [-0.25, -0.2) is 4.98 Å². The Balaban J connectivity index is 1.81. The first kappa shape index (κ1) is 12.2. The number of benzene rings is 1. The number of hydrogen-bond acceptors (Lipinski definition) is 4. The summed E-state index contributed by atoms with van der Waals surface area (Å²) >= 11 is 0. The molecule has 1 N–H and O–H groups in total. The van der Waals surface area contributed by atoms with Crippen LogP contribution in [0.4, 0.5) is 0 Å². The van der Waals surface area contributed by atoms with Gasteiger partial charge in [0.05, 0.1) is 0 Å². The third kappa shape index (κ3) is 3.66. The summed E-state index contributed by atoms with van der Waals surface area (Å²) in [5.41, 5.74) is 0. The SMILES string of the molecule is CC(COc1ccc(O)cc1)Oc1ccccn1. The van der Waals surface area contributed by atoms with E-state index in [2.05, 4.69) is 4.98 Å². The molecule has 18 heavy (non-hydrogen) atoms. The smallest absolute Gasteiger partial charge is 0.213 e. The molecule has 0 radical (unpaired) electrons.